The Labute approximate surface area is 146 Å². The Kier molecular flexibility index (Phi) is 7.07. The van der Waals surface area contributed by atoms with Gasteiger partial charge in [0.2, 0.25) is 0 Å². The molecule has 0 saturated carbocycles. The quantitative estimate of drug-likeness (QED) is 0.644. The van der Waals surface area contributed by atoms with E-state index in [0.717, 1.165) is 31.2 Å². The highest BCUT2D eigenvalue weighted by molar-refractivity contribution is 5.79. The lowest BCUT2D eigenvalue weighted by molar-refractivity contribution is 0.232. The number of likely N-dealkylation sites (tertiary alicyclic amines) is 1. The maximum atomic E-state index is 8.87. The van der Waals surface area contributed by atoms with Gasteiger partial charge in [-0.3, -0.25) is 4.90 Å². The van der Waals surface area contributed by atoms with Crippen LogP contribution in [0.5, 0.6) is 0 Å². The maximum absolute atomic E-state index is 8.87. The number of benzene rings is 1. The van der Waals surface area contributed by atoms with E-state index in [4.69, 9.17) is 10.3 Å². The first kappa shape index (κ1) is 18.3. The van der Waals surface area contributed by atoms with Gasteiger partial charge in [-0.25, -0.2) is 4.99 Å². The van der Waals surface area contributed by atoms with Crippen molar-refractivity contribution in [1.82, 2.24) is 15.1 Å². The molecule has 1 atom stereocenters. The maximum Gasteiger partial charge on any atom is 0.194 e. The van der Waals surface area contributed by atoms with Crippen molar-refractivity contribution in [2.45, 2.75) is 39.3 Å². The normalized spacial score (nSPS) is 18.4. The number of likely N-dealkylation sites (N-methyl/N-ethyl adjacent to an activating group) is 2. The van der Waals surface area contributed by atoms with Crippen LogP contribution in [0.1, 0.15) is 37.8 Å². The Morgan fingerprint density at radius 3 is 2.75 bits per heavy atom. The molecule has 1 aromatic rings. The third-order valence-electron chi connectivity index (χ3n) is 4.58. The molecule has 1 fully saturated rings. The number of rotatable bonds is 6. The molecule has 1 heterocycles. The summed E-state index contributed by atoms with van der Waals surface area (Å²) in [5.74, 6) is 0.949. The van der Waals surface area contributed by atoms with Gasteiger partial charge < -0.3 is 10.2 Å². The molecule has 1 aromatic carbocycles. The van der Waals surface area contributed by atoms with Crippen LogP contribution in [-0.4, -0.2) is 55.0 Å². The van der Waals surface area contributed by atoms with E-state index < -0.39 is 0 Å². The van der Waals surface area contributed by atoms with Gasteiger partial charge in [0.1, 0.15) is 0 Å². The van der Waals surface area contributed by atoms with Crippen molar-refractivity contribution in [2.75, 3.05) is 33.2 Å². The highest BCUT2D eigenvalue weighted by atomic mass is 15.3. The average Bonchev–Trinajstić information content (AvgIpc) is 3.06. The Balaban J connectivity index is 1.99. The third-order valence-corrected chi connectivity index (χ3v) is 4.58. The van der Waals surface area contributed by atoms with Crippen molar-refractivity contribution in [3.8, 4) is 6.07 Å². The lowest BCUT2D eigenvalue weighted by atomic mass is 10.1. The zero-order valence-corrected chi connectivity index (χ0v) is 15.1. The molecule has 130 valence electrons. The number of nitriles is 1. The van der Waals surface area contributed by atoms with Gasteiger partial charge in [-0.15, -0.1) is 0 Å². The fraction of sp³-hybridized carbons (Fsp3) is 0.579. The van der Waals surface area contributed by atoms with Crippen LogP contribution in [0.15, 0.2) is 29.3 Å². The molecule has 1 saturated heterocycles. The van der Waals surface area contributed by atoms with Crippen LogP contribution in [0.2, 0.25) is 0 Å². The van der Waals surface area contributed by atoms with E-state index >= 15 is 0 Å². The number of hydrogen-bond acceptors (Lipinski definition) is 3. The van der Waals surface area contributed by atoms with Gasteiger partial charge in [0.25, 0.3) is 0 Å². The minimum atomic E-state index is 0.624. The molecule has 0 radical (unpaired) electrons. The molecule has 0 aliphatic carbocycles. The van der Waals surface area contributed by atoms with Crippen LogP contribution in [-0.2, 0) is 6.54 Å². The van der Waals surface area contributed by atoms with Gasteiger partial charge in [-0.05, 0) is 50.6 Å². The van der Waals surface area contributed by atoms with E-state index in [1.54, 1.807) is 0 Å². The molecule has 24 heavy (non-hydrogen) atoms. The number of nitrogens with one attached hydrogen (secondary N) is 1. The molecular formula is C19H29N5. The zero-order chi connectivity index (χ0) is 17.4. The van der Waals surface area contributed by atoms with Crippen molar-refractivity contribution in [3.63, 3.8) is 0 Å². The number of nitrogens with zero attached hydrogens (tertiary/aromatic N) is 4. The minimum Gasteiger partial charge on any atom is -0.357 e. The predicted molar refractivity (Wildman–Crippen MR) is 98.9 cm³/mol. The minimum absolute atomic E-state index is 0.624. The summed E-state index contributed by atoms with van der Waals surface area (Å²) in [5.41, 5.74) is 1.81. The summed E-state index contributed by atoms with van der Waals surface area (Å²) in [6, 6.07) is 10.4. The number of aliphatic imine (C=N–C) groups is 1. The smallest absolute Gasteiger partial charge is 0.194 e. The standard InChI is InChI=1S/C19H29N5/c1-4-21-19(22-14-17-10-8-16(13-20)9-11-17)23(3)15-18-7-6-12-24(18)5-2/h8-11,18H,4-7,12,14-15H2,1-3H3,(H,21,22). The van der Waals surface area contributed by atoms with Gasteiger partial charge in [-0.1, -0.05) is 19.1 Å². The lowest BCUT2D eigenvalue weighted by Crippen LogP contribution is -2.45. The van der Waals surface area contributed by atoms with Crippen molar-refractivity contribution in [1.29, 1.82) is 5.26 Å². The summed E-state index contributed by atoms with van der Waals surface area (Å²) in [6.07, 6.45) is 2.57. The van der Waals surface area contributed by atoms with Crippen LogP contribution in [0.3, 0.4) is 0 Å². The van der Waals surface area contributed by atoms with E-state index in [9.17, 15) is 0 Å². The third kappa shape index (κ3) is 4.97. The average molecular weight is 327 g/mol. The molecule has 1 N–H and O–H groups in total. The SMILES string of the molecule is CCNC(=NCc1ccc(C#N)cc1)N(C)CC1CCCN1CC. The summed E-state index contributed by atoms with van der Waals surface area (Å²) in [4.78, 5) is 9.56. The van der Waals surface area contributed by atoms with E-state index in [2.05, 4.69) is 42.1 Å². The molecule has 5 heteroatoms. The number of hydrogen-bond donors (Lipinski definition) is 1. The largest absolute Gasteiger partial charge is 0.357 e. The molecule has 1 unspecified atom stereocenters. The van der Waals surface area contributed by atoms with E-state index in [1.165, 1.54) is 19.4 Å². The Bertz CT molecular complexity index is 572. The number of guanidine groups is 1. The van der Waals surface area contributed by atoms with Crippen molar-refractivity contribution >= 4 is 5.96 Å². The Morgan fingerprint density at radius 2 is 2.12 bits per heavy atom. The summed E-state index contributed by atoms with van der Waals surface area (Å²) < 4.78 is 0. The molecule has 0 amide bonds. The first-order valence-corrected chi connectivity index (χ1v) is 8.90. The molecule has 0 aromatic heterocycles. The van der Waals surface area contributed by atoms with E-state index in [1.807, 2.05) is 24.3 Å². The molecule has 0 bridgehead atoms. The fourth-order valence-electron chi connectivity index (χ4n) is 3.24. The molecule has 5 nitrogen and oxygen atoms in total. The highest BCUT2D eigenvalue weighted by Gasteiger charge is 2.24. The second-order valence-corrected chi connectivity index (χ2v) is 6.28. The van der Waals surface area contributed by atoms with Crippen LogP contribution >= 0.6 is 0 Å². The molecule has 1 aliphatic rings. The van der Waals surface area contributed by atoms with Gasteiger partial charge >= 0.3 is 0 Å². The topological polar surface area (TPSA) is 54.7 Å². The first-order chi connectivity index (χ1) is 11.7. The fourth-order valence-corrected chi connectivity index (χ4v) is 3.24. The van der Waals surface area contributed by atoms with E-state index in [0.29, 0.717) is 18.2 Å². The van der Waals surface area contributed by atoms with Crippen LogP contribution in [0.4, 0.5) is 0 Å². The van der Waals surface area contributed by atoms with Crippen LogP contribution < -0.4 is 5.32 Å². The summed E-state index contributed by atoms with van der Waals surface area (Å²) >= 11 is 0. The van der Waals surface area contributed by atoms with E-state index in [-0.39, 0.29) is 0 Å². The summed E-state index contributed by atoms with van der Waals surface area (Å²) in [6.45, 7) is 9.17. The second kappa shape index (κ2) is 9.29. The Hall–Kier alpha value is -2.06. The van der Waals surface area contributed by atoms with Crippen LogP contribution in [0, 0.1) is 11.3 Å². The predicted octanol–water partition coefficient (Wildman–Crippen LogP) is 2.44. The highest BCUT2D eigenvalue weighted by Crippen LogP contribution is 2.17. The van der Waals surface area contributed by atoms with Crippen molar-refractivity contribution in [3.05, 3.63) is 35.4 Å². The van der Waals surface area contributed by atoms with Crippen molar-refractivity contribution < 1.29 is 0 Å². The molecule has 1 aliphatic heterocycles. The van der Waals surface area contributed by atoms with Gasteiger partial charge in [0.15, 0.2) is 5.96 Å². The van der Waals surface area contributed by atoms with Crippen molar-refractivity contribution in [2.24, 2.45) is 4.99 Å². The van der Waals surface area contributed by atoms with Gasteiger partial charge in [-0.2, -0.15) is 5.26 Å². The Morgan fingerprint density at radius 1 is 1.38 bits per heavy atom. The molecule has 0 spiro atoms. The first-order valence-electron chi connectivity index (χ1n) is 8.90. The van der Waals surface area contributed by atoms with Crippen LogP contribution in [0.25, 0.3) is 0 Å². The monoisotopic (exact) mass is 327 g/mol. The lowest BCUT2D eigenvalue weighted by Gasteiger charge is -2.29. The van der Waals surface area contributed by atoms with Gasteiger partial charge in [0.05, 0.1) is 18.2 Å². The summed E-state index contributed by atoms with van der Waals surface area (Å²) in [5, 5.41) is 12.3. The molecular weight excluding hydrogens is 298 g/mol. The zero-order valence-electron chi connectivity index (χ0n) is 15.1. The second-order valence-electron chi connectivity index (χ2n) is 6.28. The summed E-state index contributed by atoms with van der Waals surface area (Å²) in [7, 11) is 2.12. The van der Waals surface area contributed by atoms with Gasteiger partial charge in [0, 0.05) is 26.2 Å². The molecule has 2 rings (SSSR count).